The van der Waals surface area contributed by atoms with Crippen LogP contribution in [0.15, 0.2) is 60.8 Å². The summed E-state index contributed by atoms with van der Waals surface area (Å²) in [5.41, 5.74) is 10.6. The molecule has 0 bridgehead atoms. The second-order valence-corrected chi connectivity index (χ2v) is 6.92. The molecule has 1 aromatic heterocycles. The number of hydrogen-bond donors (Lipinski definition) is 1. The fraction of sp³-hybridized carbons (Fsp3) is 0.217. The van der Waals surface area contributed by atoms with Crippen molar-refractivity contribution in [3.63, 3.8) is 0 Å². The number of aromatic nitrogens is 1. The SMILES string of the molecule is CCc1ccc(C(=O)N2CCOc3ccc(-c4ccc(N)nc4)cc3C2)cc1. The Morgan fingerprint density at radius 3 is 2.61 bits per heavy atom. The van der Waals surface area contributed by atoms with Gasteiger partial charge in [0.15, 0.2) is 0 Å². The molecule has 0 aliphatic carbocycles. The Morgan fingerprint density at radius 1 is 1.11 bits per heavy atom. The molecule has 1 aliphatic heterocycles. The largest absolute Gasteiger partial charge is 0.491 e. The Bertz CT molecular complexity index is 982. The van der Waals surface area contributed by atoms with Crippen molar-refractivity contribution < 1.29 is 9.53 Å². The van der Waals surface area contributed by atoms with Crippen LogP contribution in [0.5, 0.6) is 5.75 Å². The van der Waals surface area contributed by atoms with E-state index in [-0.39, 0.29) is 5.91 Å². The van der Waals surface area contributed by atoms with Crippen molar-refractivity contribution in [2.24, 2.45) is 0 Å². The van der Waals surface area contributed by atoms with E-state index in [1.165, 1.54) is 5.56 Å². The summed E-state index contributed by atoms with van der Waals surface area (Å²) in [6.07, 6.45) is 2.72. The first-order valence-corrected chi connectivity index (χ1v) is 9.50. The summed E-state index contributed by atoms with van der Waals surface area (Å²) in [5, 5.41) is 0. The molecule has 4 rings (SSSR count). The zero-order chi connectivity index (χ0) is 19.5. The quantitative estimate of drug-likeness (QED) is 0.755. The first kappa shape index (κ1) is 18.0. The predicted octanol–water partition coefficient (Wildman–Crippen LogP) is 3.93. The van der Waals surface area contributed by atoms with Gasteiger partial charge in [-0.25, -0.2) is 4.98 Å². The number of pyridine rings is 1. The molecule has 2 heterocycles. The molecule has 0 atom stereocenters. The number of amides is 1. The van der Waals surface area contributed by atoms with E-state index in [0.29, 0.717) is 31.1 Å². The van der Waals surface area contributed by atoms with Gasteiger partial charge >= 0.3 is 0 Å². The molecular formula is C23H23N3O2. The summed E-state index contributed by atoms with van der Waals surface area (Å²) in [7, 11) is 0. The highest BCUT2D eigenvalue weighted by Crippen LogP contribution is 2.29. The molecule has 1 amide bonds. The molecule has 3 aromatic rings. The van der Waals surface area contributed by atoms with Crippen molar-refractivity contribution in [1.29, 1.82) is 0 Å². The first-order valence-electron chi connectivity index (χ1n) is 9.50. The molecule has 0 saturated heterocycles. The smallest absolute Gasteiger partial charge is 0.254 e. The number of nitrogens with two attached hydrogens (primary N) is 1. The predicted molar refractivity (Wildman–Crippen MR) is 110 cm³/mol. The van der Waals surface area contributed by atoms with Crippen molar-refractivity contribution >= 4 is 11.7 Å². The number of anilines is 1. The maximum Gasteiger partial charge on any atom is 0.254 e. The van der Waals surface area contributed by atoms with E-state index < -0.39 is 0 Å². The third kappa shape index (κ3) is 3.69. The third-order valence-electron chi connectivity index (χ3n) is 5.06. The Kier molecular flexibility index (Phi) is 4.98. The van der Waals surface area contributed by atoms with Gasteiger partial charge < -0.3 is 15.4 Å². The summed E-state index contributed by atoms with van der Waals surface area (Å²) in [6, 6.07) is 17.6. The summed E-state index contributed by atoms with van der Waals surface area (Å²) < 4.78 is 5.88. The van der Waals surface area contributed by atoms with Gasteiger partial charge in [0.1, 0.15) is 18.2 Å². The molecule has 0 saturated carbocycles. The van der Waals surface area contributed by atoms with Crippen LogP contribution in [-0.4, -0.2) is 28.9 Å². The van der Waals surface area contributed by atoms with Crippen molar-refractivity contribution in [1.82, 2.24) is 9.88 Å². The molecule has 142 valence electrons. The van der Waals surface area contributed by atoms with Crippen LogP contribution in [-0.2, 0) is 13.0 Å². The van der Waals surface area contributed by atoms with Crippen molar-refractivity contribution in [3.8, 4) is 16.9 Å². The van der Waals surface area contributed by atoms with E-state index in [1.54, 1.807) is 12.3 Å². The average Bonchev–Trinajstić information content (AvgIpc) is 2.95. The molecule has 5 heteroatoms. The number of hydrogen-bond acceptors (Lipinski definition) is 4. The lowest BCUT2D eigenvalue weighted by molar-refractivity contribution is 0.0733. The molecule has 0 radical (unpaired) electrons. The van der Waals surface area contributed by atoms with Gasteiger partial charge in [0.05, 0.1) is 6.54 Å². The standard InChI is InChI=1S/C23H23N3O2/c1-2-16-3-5-17(6-4-16)23(27)26-11-12-28-21-9-7-18(13-20(21)15-26)19-8-10-22(24)25-14-19/h3-10,13-14H,2,11-12,15H2,1H3,(H2,24,25). The minimum atomic E-state index is 0.0265. The highest BCUT2D eigenvalue weighted by Gasteiger charge is 2.21. The molecule has 28 heavy (non-hydrogen) atoms. The minimum absolute atomic E-state index is 0.0265. The summed E-state index contributed by atoms with van der Waals surface area (Å²) in [6.45, 7) is 3.66. The van der Waals surface area contributed by atoms with Gasteiger partial charge in [0, 0.05) is 29.4 Å². The lowest BCUT2D eigenvalue weighted by Crippen LogP contribution is -2.32. The molecular weight excluding hydrogens is 350 g/mol. The number of aryl methyl sites for hydroxylation is 1. The fourth-order valence-corrected chi connectivity index (χ4v) is 3.39. The number of carbonyl (C=O) groups is 1. The van der Waals surface area contributed by atoms with Gasteiger partial charge in [0.25, 0.3) is 5.91 Å². The molecule has 1 aliphatic rings. The van der Waals surface area contributed by atoms with E-state index in [9.17, 15) is 4.79 Å². The van der Waals surface area contributed by atoms with Crippen LogP contribution in [0.2, 0.25) is 0 Å². The van der Waals surface area contributed by atoms with Gasteiger partial charge in [-0.1, -0.05) is 25.1 Å². The van der Waals surface area contributed by atoms with E-state index in [0.717, 1.165) is 28.9 Å². The van der Waals surface area contributed by atoms with Crippen LogP contribution in [0.1, 0.15) is 28.4 Å². The lowest BCUT2D eigenvalue weighted by atomic mass is 10.0. The van der Waals surface area contributed by atoms with Crippen molar-refractivity contribution in [2.45, 2.75) is 19.9 Å². The number of nitrogens with zero attached hydrogens (tertiary/aromatic N) is 2. The van der Waals surface area contributed by atoms with Crippen molar-refractivity contribution in [2.75, 3.05) is 18.9 Å². The molecule has 5 nitrogen and oxygen atoms in total. The van der Waals surface area contributed by atoms with E-state index in [1.807, 2.05) is 47.4 Å². The van der Waals surface area contributed by atoms with Gasteiger partial charge in [-0.2, -0.15) is 0 Å². The number of carbonyl (C=O) groups excluding carboxylic acids is 1. The van der Waals surface area contributed by atoms with E-state index >= 15 is 0 Å². The van der Waals surface area contributed by atoms with Gasteiger partial charge in [-0.15, -0.1) is 0 Å². The molecule has 2 N–H and O–H groups in total. The van der Waals surface area contributed by atoms with Crippen LogP contribution >= 0.6 is 0 Å². The Balaban J connectivity index is 1.60. The third-order valence-corrected chi connectivity index (χ3v) is 5.06. The number of nitrogen functional groups attached to an aromatic ring is 1. The molecule has 0 spiro atoms. The highest BCUT2D eigenvalue weighted by atomic mass is 16.5. The Labute approximate surface area is 164 Å². The van der Waals surface area contributed by atoms with Crippen molar-refractivity contribution in [3.05, 3.63) is 77.5 Å². The second kappa shape index (κ2) is 7.72. The van der Waals surface area contributed by atoms with Crippen LogP contribution in [0.25, 0.3) is 11.1 Å². The maximum absolute atomic E-state index is 13.0. The minimum Gasteiger partial charge on any atom is -0.491 e. The zero-order valence-corrected chi connectivity index (χ0v) is 15.9. The second-order valence-electron chi connectivity index (χ2n) is 6.92. The molecule has 0 fully saturated rings. The van der Waals surface area contributed by atoms with Crippen LogP contribution < -0.4 is 10.5 Å². The normalized spacial score (nSPS) is 13.4. The number of ether oxygens (including phenoxy) is 1. The average molecular weight is 373 g/mol. The van der Waals surface area contributed by atoms with Crippen LogP contribution in [0.3, 0.4) is 0 Å². The van der Waals surface area contributed by atoms with Crippen LogP contribution in [0.4, 0.5) is 5.82 Å². The summed E-state index contributed by atoms with van der Waals surface area (Å²) >= 11 is 0. The maximum atomic E-state index is 13.0. The van der Waals surface area contributed by atoms with Gasteiger partial charge in [0.2, 0.25) is 0 Å². The molecule has 2 aromatic carbocycles. The highest BCUT2D eigenvalue weighted by molar-refractivity contribution is 5.94. The van der Waals surface area contributed by atoms with E-state index in [4.69, 9.17) is 10.5 Å². The Hall–Kier alpha value is -3.34. The van der Waals surface area contributed by atoms with E-state index in [2.05, 4.69) is 18.0 Å². The fourth-order valence-electron chi connectivity index (χ4n) is 3.39. The monoisotopic (exact) mass is 373 g/mol. The van der Waals surface area contributed by atoms with Crippen LogP contribution in [0, 0.1) is 0 Å². The zero-order valence-electron chi connectivity index (χ0n) is 15.9. The number of benzene rings is 2. The summed E-state index contributed by atoms with van der Waals surface area (Å²) in [4.78, 5) is 19.0. The summed E-state index contributed by atoms with van der Waals surface area (Å²) in [5.74, 6) is 1.34. The molecule has 0 unspecified atom stereocenters. The number of fused-ring (bicyclic) bond motifs is 1. The first-order chi connectivity index (χ1) is 13.6. The Morgan fingerprint density at radius 2 is 1.89 bits per heavy atom. The van der Waals surface area contributed by atoms with Gasteiger partial charge in [-0.3, -0.25) is 4.79 Å². The lowest BCUT2D eigenvalue weighted by Gasteiger charge is -2.20. The number of rotatable bonds is 3. The topological polar surface area (TPSA) is 68.5 Å². The van der Waals surface area contributed by atoms with Gasteiger partial charge in [-0.05, 0) is 53.9 Å².